The average Bonchev–Trinajstić information content (AvgIpc) is 3.06. The lowest BCUT2D eigenvalue weighted by Crippen LogP contribution is -2.34. The third kappa shape index (κ3) is 3.66. The molecule has 25 heavy (non-hydrogen) atoms. The largest absolute Gasteiger partial charge is 0.378 e. The van der Waals surface area contributed by atoms with Crippen LogP contribution in [0.1, 0.15) is 29.2 Å². The van der Waals surface area contributed by atoms with Gasteiger partial charge in [0.05, 0.1) is 11.8 Å². The summed E-state index contributed by atoms with van der Waals surface area (Å²) in [4.78, 5) is 2.10. The number of nitrogens with one attached hydrogen (secondary N) is 1. The van der Waals surface area contributed by atoms with Crippen LogP contribution in [0.15, 0.2) is 53.6 Å². The van der Waals surface area contributed by atoms with Crippen molar-refractivity contribution < 1.29 is 0 Å². The van der Waals surface area contributed by atoms with Gasteiger partial charge in [-0.2, -0.15) is 5.10 Å². The van der Waals surface area contributed by atoms with Crippen LogP contribution in [0.2, 0.25) is 0 Å². The smallest absolute Gasteiger partial charge is 0.189 e. The van der Waals surface area contributed by atoms with E-state index in [1.54, 1.807) is 0 Å². The molecule has 0 saturated heterocycles. The van der Waals surface area contributed by atoms with Gasteiger partial charge in [0.15, 0.2) is 5.11 Å². The summed E-state index contributed by atoms with van der Waals surface area (Å²) < 4.78 is 0. The third-order valence-electron chi connectivity index (χ3n) is 4.45. The summed E-state index contributed by atoms with van der Waals surface area (Å²) in [5.41, 5.74) is 5.86. The van der Waals surface area contributed by atoms with Crippen LogP contribution in [0.5, 0.6) is 0 Å². The number of rotatable bonds is 3. The summed E-state index contributed by atoms with van der Waals surface area (Å²) >= 11 is 5.49. The number of benzene rings is 2. The van der Waals surface area contributed by atoms with Crippen LogP contribution in [-0.4, -0.2) is 37.0 Å². The van der Waals surface area contributed by atoms with Crippen LogP contribution < -0.4 is 10.2 Å². The maximum atomic E-state index is 5.49. The molecule has 0 aromatic heterocycles. The number of nitrogens with zero attached hydrogens (tertiary/aromatic N) is 3. The molecule has 2 aromatic carbocycles. The van der Waals surface area contributed by atoms with Gasteiger partial charge in [-0.1, -0.05) is 42.0 Å². The van der Waals surface area contributed by atoms with E-state index in [9.17, 15) is 0 Å². The van der Waals surface area contributed by atoms with Crippen molar-refractivity contribution in [3.8, 4) is 0 Å². The Morgan fingerprint density at radius 1 is 1.20 bits per heavy atom. The first kappa shape index (κ1) is 17.4. The highest BCUT2D eigenvalue weighted by Gasteiger charge is 2.31. The summed E-state index contributed by atoms with van der Waals surface area (Å²) in [5, 5.41) is 10.5. The van der Waals surface area contributed by atoms with Crippen LogP contribution in [0.25, 0.3) is 0 Å². The Morgan fingerprint density at radius 2 is 1.96 bits per heavy atom. The standard InChI is InChI=1S/C20H24N4S/c1-14-7-5-9-16(11-14)19-13-18(22-24(19)20(25)21-2)15-8-6-10-17(12-15)23(3)4/h5-12,19H,13H2,1-4H3,(H,21,25). The molecule has 1 heterocycles. The number of aryl methyl sites for hydroxylation is 1. The Hall–Kier alpha value is -2.40. The summed E-state index contributed by atoms with van der Waals surface area (Å²) in [5.74, 6) is 0. The number of hydrazone groups is 1. The minimum Gasteiger partial charge on any atom is -0.378 e. The fourth-order valence-electron chi connectivity index (χ4n) is 3.09. The highest BCUT2D eigenvalue weighted by Crippen LogP contribution is 2.33. The zero-order valence-electron chi connectivity index (χ0n) is 15.2. The van der Waals surface area contributed by atoms with Gasteiger partial charge in [-0.3, -0.25) is 0 Å². The molecule has 1 N–H and O–H groups in total. The van der Waals surface area contributed by atoms with Gasteiger partial charge in [-0.25, -0.2) is 5.01 Å². The first-order valence-electron chi connectivity index (χ1n) is 8.42. The van der Waals surface area contributed by atoms with E-state index in [2.05, 4.69) is 65.7 Å². The molecular weight excluding hydrogens is 328 g/mol. The van der Waals surface area contributed by atoms with Crippen molar-refractivity contribution in [2.24, 2.45) is 5.10 Å². The summed E-state index contributed by atoms with van der Waals surface area (Å²) in [6, 6.07) is 17.2. The van der Waals surface area contributed by atoms with Gasteiger partial charge in [0.25, 0.3) is 0 Å². The first-order valence-corrected chi connectivity index (χ1v) is 8.83. The lowest BCUT2D eigenvalue weighted by Gasteiger charge is -2.24. The molecule has 1 aliphatic rings. The van der Waals surface area contributed by atoms with Crippen LogP contribution in [0.4, 0.5) is 5.69 Å². The van der Waals surface area contributed by atoms with Crippen LogP contribution in [0, 0.1) is 6.92 Å². The van der Waals surface area contributed by atoms with Crippen molar-refractivity contribution >= 4 is 28.7 Å². The Bertz CT molecular complexity index is 813. The van der Waals surface area contributed by atoms with Gasteiger partial charge in [0.2, 0.25) is 0 Å². The molecule has 1 aliphatic heterocycles. The zero-order valence-corrected chi connectivity index (χ0v) is 16.0. The van der Waals surface area contributed by atoms with E-state index < -0.39 is 0 Å². The quantitative estimate of drug-likeness (QED) is 0.853. The van der Waals surface area contributed by atoms with E-state index in [-0.39, 0.29) is 6.04 Å². The molecule has 0 fully saturated rings. The lowest BCUT2D eigenvalue weighted by molar-refractivity contribution is 0.366. The highest BCUT2D eigenvalue weighted by atomic mass is 32.1. The molecule has 0 bridgehead atoms. The van der Waals surface area contributed by atoms with Crippen molar-refractivity contribution in [2.75, 3.05) is 26.0 Å². The van der Waals surface area contributed by atoms with E-state index >= 15 is 0 Å². The summed E-state index contributed by atoms with van der Waals surface area (Å²) in [7, 11) is 5.94. The second-order valence-corrected chi connectivity index (χ2v) is 6.91. The second kappa shape index (κ2) is 7.23. The zero-order chi connectivity index (χ0) is 18.0. The Kier molecular flexibility index (Phi) is 5.04. The fraction of sp³-hybridized carbons (Fsp3) is 0.300. The minimum atomic E-state index is 0.123. The Labute approximate surface area is 155 Å². The van der Waals surface area contributed by atoms with E-state index in [4.69, 9.17) is 17.3 Å². The molecule has 0 spiro atoms. The third-order valence-corrected chi connectivity index (χ3v) is 4.85. The molecule has 0 aliphatic carbocycles. The molecule has 4 nitrogen and oxygen atoms in total. The predicted molar refractivity (Wildman–Crippen MR) is 109 cm³/mol. The molecule has 130 valence electrons. The molecule has 0 radical (unpaired) electrons. The Balaban J connectivity index is 1.97. The van der Waals surface area contributed by atoms with Gasteiger partial charge in [-0.05, 0) is 42.4 Å². The molecule has 5 heteroatoms. The second-order valence-electron chi connectivity index (χ2n) is 6.53. The number of anilines is 1. The fourth-order valence-corrected chi connectivity index (χ4v) is 3.26. The minimum absolute atomic E-state index is 0.123. The predicted octanol–water partition coefficient (Wildman–Crippen LogP) is 3.72. The van der Waals surface area contributed by atoms with E-state index in [1.165, 1.54) is 16.8 Å². The monoisotopic (exact) mass is 352 g/mol. The van der Waals surface area contributed by atoms with Crippen molar-refractivity contribution in [3.63, 3.8) is 0 Å². The van der Waals surface area contributed by atoms with Gasteiger partial charge >= 0.3 is 0 Å². The first-order chi connectivity index (χ1) is 12.0. The van der Waals surface area contributed by atoms with Crippen LogP contribution in [0.3, 0.4) is 0 Å². The van der Waals surface area contributed by atoms with E-state index in [1.807, 2.05) is 26.2 Å². The number of hydrogen-bond acceptors (Lipinski definition) is 3. The topological polar surface area (TPSA) is 30.9 Å². The normalized spacial score (nSPS) is 16.6. The molecular formula is C20H24N4S. The Morgan fingerprint density at radius 3 is 2.64 bits per heavy atom. The van der Waals surface area contributed by atoms with Gasteiger partial charge in [0, 0.05) is 33.3 Å². The van der Waals surface area contributed by atoms with Crippen molar-refractivity contribution in [2.45, 2.75) is 19.4 Å². The maximum Gasteiger partial charge on any atom is 0.189 e. The van der Waals surface area contributed by atoms with Gasteiger partial charge < -0.3 is 10.2 Å². The molecule has 1 atom stereocenters. The number of thiocarbonyl (C=S) groups is 1. The highest BCUT2D eigenvalue weighted by molar-refractivity contribution is 7.80. The summed E-state index contributed by atoms with van der Waals surface area (Å²) in [6.45, 7) is 2.11. The van der Waals surface area contributed by atoms with Crippen molar-refractivity contribution in [3.05, 3.63) is 65.2 Å². The SMILES string of the molecule is CNC(=S)N1N=C(c2cccc(N(C)C)c2)CC1c1cccc(C)c1. The molecule has 0 amide bonds. The molecule has 0 saturated carbocycles. The average molecular weight is 353 g/mol. The van der Waals surface area contributed by atoms with Gasteiger partial charge in [-0.15, -0.1) is 0 Å². The van der Waals surface area contributed by atoms with Gasteiger partial charge in [0.1, 0.15) is 0 Å². The molecule has 2 aromatic rings. The molecule has 3 rings (SSSR count). The van der Waals surface area contributed by atoms with Crippen LogP contribution in [-0.2, 0) is 0 Å². The maximum absolute atomic E-state index is 5.49. The number of hydrogen-bond donors (Lipinski definition) is 1. The van der Waals surface area contributed by atoms with E-state index in [0.717, 1.165) is 17.7 Å². The van der Waals surface area contributed by atoms with Crippen molar-refractivity contribution in [1.29, 1.82) is 0 Å². The molecule has 1 unspecified atom stereocenters. The summed E-state index contributed by atoms with van der Waals surface area (Å²) in [6.07, 6.45) is 0.835. The van der Waals surface area contributed by atoms with Crippen LogP contribution >= 0.6 is 12.2 Å². The lowest BCUT2D eigenvalue weighted by atomic mass is 9.97. The van der Waals surface area contributed by atoms with E-state index in [0.29, 0.717) is 5.11 Å². The van der Waals surface area contributed by atoms with Crippen molar-refractivity contribution in [1.82, 2.24) is 10.3 Å².